The largest absolute Gasteiger partial charge is 0.376 e. The second kappa shape index (κ2) is 9.03. The molecular formula is C21H26N4O3. The van der Waals surface area contributed by atoms with E-state index >= 15 is 0 Å². The zero-order valence-corrected chi connectivity index (χ0v) is 16.6. The van der Waals surface area contributed by atoms with Crippen LogP contribution in [-0.2, 0) is 9.59 Å². The highest BCUT2D eigenvalue weighted by molar-refractivity contribution is 5.98. The van der Waals surface area contributed by atoms with Crippen LogP contribution in [-0.4, -0.2) is 29.8 Å². The van der Waals surface area contributed by atoms with Crippen molar-refractivity contribution in [3.63, 3.8) is 0 Å². The van der Waals surface area contributed by atoms with Crippen LogP contribution in [0, 0.1) is 0 Å². The van der Waals surface area contributed by atoms with E-state index in [0.29, 0.717) is 16.9 Å². The van der Waals surface area contributed by atoms with Crippen LogP contribution in [0.4, 0.5) is 17.1 Å². The second-order valence-electron chi connectivity index (χ2n) is 7.45. The lowest BCUT2D eigenvalue weighted by molar-refractivity contribution is -0.115. The van der Waals surface area contributed by atoms with Crippen LogP contribution in [0.5, 0.6) is 0 Å². The van der Waals surface area contributed by atoms with E-state index < -0.39 is 0 Å². The topological polar surface area (TPSA) is 99.3 Å². The Morgan fingerprint density at radius 2 is 1.50 bits per heavy atom. The summed E-state index contributed by atoms with van der Waals surface area (Å²) in [5, 5.41) is 11.3. The fourth-order valence-corrected chi connectivity index (χ4v) is 2.41. The smallest absolute Gasteiger partial charge is 0.251 e. The van der Waals surface area contributed by atoms with Gasteiger partial charge in [0, 0.05) is 35.1 Å². The maximum absolute atomic E-state index is 12.2. The van der Waals surface area contributed by atoms with E-state index in [1.54, 1.807) is 48.5 Å². The lowest BCUT2D eigenvalue weighted by atomic mass is 10.1. The number of nitrogens with one attached hydrogen (secondary N) is 4. The normalized spacial score (nSPS) is 10.7. The van der Waals surface area contributed by atoms with E-state index in [1.165, 1.54) is 6.92 Å². The first-order valence-corrected chi connectivity index (χ1v) is 8.96. The Kier molecular flexibility index (Phi) is 6.76. The minimum Gasteiger partial charge on any atom is -0.376 e. The number of benzene rings is 2. The highest BCUT2D eigenvalue weighted by Crippen LogP contribution is 2.14. The molecule has 0 heterocycles. The van der Waals surface area contributed by atoms with E-state index in [1.807, 2.05) is 20.8 Å². The van der Waals surface area contributed by atoms with Gasteiger partial charge in [0.1, 0.15) is 0 Å². The summed E-state index contributed by atoms with van der Waals surface area (Å²) in [5.74, 6) is -0.571. The number of carbonyl (C=O) groups excluding carboxylic acids is 3. The summed E-state index contributed by atoms with van der Waals surface area (Å²) >= 11 is 0. The summed E-state index contributed by atoms with van der Waals surface area (Å²) < 4.78 is 0. The van der Waals surface area contributed by atoms with E-state index in [2.05, 4.69) is 21.3 Å². The first-order valence-electron chi connectivity index (χ1n) is 8.96. The number of rotatable bonds is 6. The number of carbonyl (C=O) groups is 3. The molecule has 0 unspecified atom stereocenters. The van der Waals surface area contributed by atoms with Crippen molar-refractivity contribution in [2.75, 3.05) is 22.5 Å². The Bertz CT molecular complexity index is 855. The predicted octanol–water partition coefficient (Wildman–Crippen LogP) is 3.22. The van der Waals surface area contributed by atoms with Gasteiger partial charge in [-0.25, -0.2) is 0 Å². The summed E-state index contributed by atoms with van der Waals surface area (Å²) in [5.41, 5.74) is 2.13. The Morgan fingerprint density at radius 1 is 0.857 bits per heavy atom. The molecule has 0 atom stereocenters. The van der Waals surface area contributed by atoms with Crippen molar-refractivity contribution in [1.82, 2.24) is 5.32 Å². The standard InChI is InChI=1S/C21H26N4O3/c1-14(26)23-17-10-8-16(9-11-17)22-13-19(27)24-18-7-5-6-15(12-18)20(28)25-21(2,3)4/h5-12,22H,13H2,1-4H3,(H,23,26)(H,24,27)(H,25,28). The lowest BCUT2D eigenvalue weighted by Gasteiger charge is -2.20. The number of hydrogen-bond acceptors (Lipinski definition) is 4. The maximum atomic E-state index is 12.2. The van der Waals surface area contributed by atoms with E-state index in [4.69, 9.17) is 0 Å². The molecule has 0 saturated carbocycles. The number of anilines is 3. The van der Waals surface area contributed by atoms with Crippen molar-refractivity contribution in [2.45, 2.75) is 33.2 Å². The van der Waals surface area contributed by atoms with Gasteiger partial charge in [-0.15, -0.1) is 0 Å². The first-order chi connectivity index (χ1) is 13.1. The average molecular weight is 382 g/mol. The Balaban J connectivity index is 1.90. The highest BCUT2D eigenvalue weighted by Gasteiger charge is 2.15. The van der Waals surface area contributed by atoms with E-state index in [9.17, 15) is 14.4 Å². The van der Waals surface area contributed by atoms with Gasteiger partial charge >= 0.3 is 0 Å². The molecule has 0 aliphatic carbocycles. The van der Waals surface area contributed by atoms with Crippen molar-refractivity contribution in [1.29, 1.82) is 0 Å². The van der Waals surface area contributed by atoms with Crippen molar-refractivity contribution < 1.29 is 14.4 Å². The number of amides is 3. The minimum absolute atomic E-state index is 0.0674. The highest BCUT2D eigenvalue weighted by atomic mass is 16.2. The van der Waals surface area contributed by atoms with Gasteiger partial charge in [0.05, 0.1) is 6.54 Å². The van der Waals surface area contributed by atoms with Crippen LogP contribution in [0.2, 0.25) is 0 Å². The van der Waals surface area contributed by atoms with Gasteiger partial charge < -0.3 is 21.3 Å². The minimum atomic E-state index is -0.338. The molecule has 2 aromatic rings. The summed E-state index contributed by atoms with van der Waals surface area (Å²) in [6.07, 6.45) is 0. The first kappa shape index (κ1) is 21.0. The SMILES string of the molecule is CC(=O)Nc1ccc(NCC(=O)Nc2cccc(C(=O)NC(C)(C)C)c2)cc1. The molecule has 7 heteroatoms. The molecule has 28 heavy (non-hydrogen) atoms. The predicted molar refractivity (Wildman–Crippen MR) is 112 cm³/mol. The Labute approximate surface area is 164 Å². The monoisotopic (exact) mass is 382 g/mol. The molecule has 0 spiro atoms. The molecule has 148 valence electrons. The van der Waals surface area contributed by atoms with Gasteiger partial charge in [0.2, 0.25) is 11.8 Å². The molecule has 0 aliphatic rings. The summed E-state index contributed by atoms with van der Waals surface area (Å²) in [4.78, 5) is 35.4. The zero-order valence-electron chi connectivity index (χ0n) is 16.6. The van der Waals surface area contributed by atoms with Crippen molar-refractivity contribution in [3.8, 4) is 0 Å². The molecule has 2 rings (SSSR count). The lowest BCUT2D eigenvalue weighted by Crippen LogP contribution is -2.40. The van der Waals surface area contributed by atoms with Gasteiger partial charge in [0.15, 0.2) is 0 Å². The summed E-state index contributed by atoms with van der Waals surface area (Å²) in [7, 11) is 0. The Morgan fingerprint density at radius 3 is 2.11 bits per heavy atom. The van der Waals surface area contributed by atoms with Crippen molar-refractivity contribution in [2.24, 2.45) is 0 Å². The molecule has 0 bridgehead atoms. The molecule has 0 fully saturated rings. The van der Waals surface area contributed by atoms with Crippen LogP contribution < -0.4 is 21.3 Å². The summed E-state index contributed by atoms with van der Waals surface area (Å²) in [6, 6.07) is 13.8. The van der Waals surface area contributed by atoms with Gasteiger partial charge in [-0.2, -0.15) is 0 Å². The molecule has 0 aliphatic heterocycles. The third-order valence-electron chi connectivity index (χ3n) is 3.56. The molecule has 4 N–H and O–H groups in total. The van der Waals surface area contributed by atoms with E-state index in [-0.39, 0.29) is 29.8 Å². The van der Waals surface area contributed by atoms with Crippen molar-refractivity contribution >= 4 is 34.8 Å². The fourth-order valence-electron chi connectivity index (χ4n) is 2.41. The van der Waals surface area contributed by atoms with Gasteiger partial charge in [-0.3, -0.25) is 14.4 Å². The van der Waals surface area contributed by atoms with Crippen LogP contribution in [0.25, 0.3) is 0 Å². The molecule has 0 radical (unpaired) electrons. The van der Waals surface area contributed by atoms with Crippen LogP contribution in [0.1, 0.15) is 38.1 Å². The zero-order chi connectivity index (χ0) is 20.7. The molecule has 0 saturated heterocycles. The average Bonchev–Trinajstić information content (AvgIpc) is 2.59. The quantitative estimate of drug-likeness (QED) is 0.616. The van der Waals surface area contributed by atoms with Gasteiger partial charge in [-0.05, 0) is 63.2 Å². The van der Waals surface area contributed by atoms with Gasteiger partial charge in [-0.1, -0.05) is 6.07 Å². The summed E-state index contributed by atoms with van der Waals surface area (Å²) in [6.45, 7) is 7.23. The molecular weight excluding hydrogens is 356 g/mol. The fraction of sp³-hybridized carbons (Fsp3) is 0.286. The second-order valence-corrected chi connectivity index (χ2v) is 7.45. The molecule has 7 nitrogen and oxygen atoms in total. The Hall–Kier alpha value is -3.35. The van der Waals surface area contributed by atoms with Gasteiger partial charge in [0.25, 0.3) is 5.91 Å². The van der Waals surface area contributed by atoms with Crippen LogP contribution >= 0.6 is 0 Å². The van der Waals surface area contributed by atoms with Crippen LogP contribution in [0.3, 0.4) is 0 Å². The third-order valence-corrected chi connectivity index (χ3v) is 3.56. The third kappa shape index (κ3) is 7.11. The van der Waals surface area contributed by atoms with Crippen LogP contribution in [0.15, 0.2) is 48.5 Å². The maximum Gasteiger partial charge on any atom is 0.251 e. The number of hydrogen-bond donors (Lipinski definition) is 4. The van der Waals surface area contributed by atoms with Crippen molar-refractivity contribution in [3.05, 3.63) is 54.1 Å². The molecule has 0 aromatic heterocycles. The molecule has 2 aromatic carbocycles. The van der Waals surface area contributed by atoms with E-state index in [0.717, 1.165) is 5.69 Å². The molecule has 3 amide bonds.